The van der Waals surface area contributed by atoms with Crippen molar-refractivity contribution < 1.29 is 38.6 Å². The molecule has 1 saturated heterocycles. The molecule has 0 spiro atoms. The van der Waals surface area contributed by atoms with Gasteiger partial charge in [-0.05, 0) is 46.6 Å². The number of aliphatic hydroxyl groups excluding tert-OH is 1. The Morgan fingerprint density at radius 1 is 1.02 bits per heavy atom. The van der Waals surface area contributed by atoms with Crippen molar-refractivity contribution in [2.75, 3.05) is 32.8 Å². The molecule has 1 aliphatic heterocycles. The molecule has 2 atom stereocenters. The van der Waals surface area contributed by atoms with Gasteiger partial charge in [0.25, 0.3) is 5.91 Å². The van der Waals surface area contributed by atoms with Crippen LogP contribution in [0.2, 0.25) is 0 Å². The van der Waals surface area contributed by atoms with Crippen LogP contribution in [-0.2, 0) is 23.9 Å². The van der Waals surface area contributed by atoms with Crippen LogP contribution in [0.15, 0.2) is 36.4 Å². The van der Waals surface area contributed by atoms with E-state index >= 15 is 0 Å². The Morgan fingerprint density at radius 3 is 2.30 bits per heavy atom. The van der Waals surface area contributed by atoms with Crippen molar-refractivity contribution in [3.63, 3.8) is 0 Å². The lowest BCUT2D eigenvalue weighted by molar-refractivity contribution is -0.158. The molecule has 1 aromatic heterocycles. The van der Waals surface area contributed by atoms with Crippen molar-refractivity contribution >= 4 is 23.9 Å². The van der Waals surface area contributed by atoms with Crippen LogP contribution in [0.25, 0.3) is 11.4 Å². The van der Waals surface area contributed by atoms with Gasteiger partial charge in [-0.25, -0.2) is 14.8 Å². The molecule has 13 nitrogen and oxygen atoms in total. The first-order valence-electron chi connectivity index (χ1n) is 14.4. The van der Waals surface area contributed by atoms with Crippen LogP contribution in [0, 0.1) is 0 Å². The molecule has 43 heavy (non-hydrogen) atoms. The Bertz CT molecular complexity index is 1260. The fourth-order valence-electron chi connectivity index (χ4n) is 4.29. The second kappa shape index (κ2) is 15.4. The molecule has 0 radical (unpaired) electrons. The summed E-state index contributed by atoms with van der Waals surface area (Å²) in [6.07, 6.45) is -1.50. The number of amides is 2. The summed E-state index contributed by atoms with van der Waals surface area (Å²) in [5, 5.41) is 14.7. The van der Waals surface area contributed by atoms with Gasteiger partial charge in [-0.15, -0.1) is 5.06 Å². The van der Waals surface area contributed by atoms with Gasteiger partial charge in [0, 0.05) is 25.1 Å². The van der Waals surface area contributed by atoms with Gasteiger partial charge in [0.1, 0.15) is 17.3 Å². The fraction of sp³-hybridized carbons (Fsp3) is 0.533. The zero-order valence-corrected chi connectivity index (χ0v) is 25.4. The lowest BCUT2D eigenvalue weighted by Crippen LogP contribution is -2.55. The van der Waals surface area contributed by atoms with E-state index in [9.17, 15) is 24.3 Å². The molecule has 234 valence electrons. The number of nitrogens with zero attached hydrogens (tertiary/aromatic N) is 4. The third kappa shape index (κ3) is 10.3. The van der Waals surface area contributed by atoms with Gasteiger partial charge in [0.05, 0.1) is 31.5 Å². The van der Waals surface area contributed by atoms with Crippen LogP contribution in [-0.4, -0.2) is 93.4 Å². The highest BCUT2D eigenvalue weighted by molar-refractivity contribution is 5.96. The quantitative estimate of drug-likeness (QED) is 0.365. The van der Waals surface area contributed by atoms with E-state index in [0.717, 1.165) is 0 Å². The number of nitrogens with one attached hydrogen (secondary N) is 1. The van der Waals surface area contributed by atoms with Crippen molar-refractivity contribution in [3.8, 4) is 11.4 Å². The number of piperazine rings is 1. The number of rotatable bonds is 11. The molecule has 2 N–H and O–H groups in total. The van der Waals surface area contributed by atoms with Gasteiger partial charge in [-0.1, -0.05) is 37.3 Å². The SMILES string of the molecule is CCOC(=O)ON1CCN(C(=O)C(CCC(=O)OC(C)(C)C)NC(=O)c2cc([C@@H](O)CC)nc(-c3ccccc3)n2)CC1. The minimum Gasteiger partial charge on any atom is -0.460 e. The monoisotopic (exact) mass is 599 g/mol. The molecule has 0 saturated carbocycles. The molecule has 1 aromatic carbocycles. The number of hydroxylamine groups is 2. The highest BCUT2D eigenvalue weighted by atomic mass is 16.8. The van der Waals surface area contributed by atoms with Gasteiger partial charge in [0.2, 0.25) is 5.91 Å². The van der Waals surface area contributed by atoms with Crippen LogP contribution in [0.3, 0.4) is 0 Å². The van der Waals surface area contributed by atoms with E-state index in [-0.39, 0.29) is 62.8 Å². The summed E-state index contributed by atoms with van der Waals surface area (Å²) < 4.78 is 10.2. The number of ether oxygens (including phenoxy) is 2. The number of carbonyl (C=O) groups excluding carboxylic acids is 4. The van der Waals surface area contributed by atoms with Gasteiger partial charge in [-0.3, -0.25) is 14.4 Å². The molecule has 0 bridgehead atoms. The first-order valence-corrected chi connectivity index (χ1v) is 14.4. The second-order valence-electron chi connectivity index (χ2n) is 11.0. The summed E-state index contributed by atoms with van der Waals surface area (Å²) in [5.41, 5.74) is 0.192. The summed E-state index contributed by atoms with van der Waals surface area (Å²) in [7, 11) is 0. The Labute approximate surface area is 251 Å². The Morgan fingerprint density at radius 2 is 1.70 bits per heavy atom. The molecule has 3 rings (SSSR count). The van der Waals surface area contributed by atoms with Crippen molar-refractivity contribution in [1.29, 1.82) is 0 Å². The molecule has 2 heterocycles. The number of esters is 1. The lowest BCUT2D eigenvalue weighted by Gasteiger charge is -2.35. The first-order chi connectivity index (χ1) is 20.4. The van der Waals surface area contributed by atoms with Gasteiger partial charge in [-0.2, -0.15) is 0 Å². The lowest BCUT2D eigenvalue weighted by atomic mass is 10.1. The number of hydrogen-bond donors (Lipinski definition) is 2. The first kappa shape index (κ1) is 33.4. The maximum Gasteiger partial charge on any atom is 0.527 e. The van der Waals surface area contributed by atoms with Crippen LogP contribution in [0.1, 0.15) is 76.2 Å². The number of benzene rings is 1. The zero-order chi connectivity index (χ0) is 31.6. The van der Waals surface area contributed by atoms with Crippen LogP contribution < -0.4 is 5.32 Å². The topological polar surface area (TPSA) is 160 Å². The summed E-state index contributed by atoms with van der Waals surface area (Å²) >= 11 is 0. The molecule has 0 aliphatic carbocycles. The zero-order valence-electron chi connectivity index (χ0n) is 25.4. The average molecular weight is 600 g/mol. The minimum absolute atomic E-state index is 0.0138. The molecular formula is C30H41N5O8. The van der Waals surface area contributed by atoms with Crippen LogP contribution in [0.5, 0.6) is 0 Å². The largest absolute Gasteiger partial charge is 0.527 e. The second-order valence-corrected chi connectivity index (χ2v) is 11.0. The molecular weight excluding hydrogens is 558 g/mol. The smallest absolute Gasteiger partial charge is 0.460 e. The van der Waals surface area contributed by atoms with Crippen molar-refractivity contribution in [3.05, 3.63) is 47.8 Å². The fourth-order valence-corrected chi connectivity index (χ4v) is 4.29. The number of aliphatic hydroxyl groups is 1. The predicted octanol–water partition coefficient (Wildman–Crippen LogP) is 3.04. The van der Waals surface area contributed by atoms with Crippen molar-refractivity contribution in [2.24, 2.45) is 0 Å². The van der Waals surface area contributed by atoms with Gasteiger partial charge >= 0.3 is 12.1 Å². The molecule has 1 unspecified atom stereocenters. The average Bonchev–Trinajstić information content (AvgIpc) is 2.98. The minimum atomic E-state index is -1.08. The summed E-state index contributed by atoms with van der Waals surface area (Å²) in [4.78, 5) is 66.9. The maximum absolute atomic E-state index is 13.6. The van der Waals surface area contributed by atoms with E-state index < -0.39 is 41.7 Å². The van der Waals surface area contributed by atoms with Crippen molar-refractivity contribution in [1.82, 2.24) is 25.2 Å². The normalized spacial score (nSPS) is 15.3. The Kier molecular flexibility index (Phi) is 12.0. The van der Waals surface area contributed by atoms with E-state index in [1.54, 1.807) is 46.8 Å². The third-order valence-corrected chi connectivity index (χ3v) is 6.42. The Balaban J connectivity index is 1.81. The Hall–Kier alpha value is -4.10. The highest BCUT2D eigenvalue weighted by Crippen LogP contribution is 2.21. The van der Waals surface area contributed by atoms with E-state index in [4.69, 9.17) is 14.3 Å². The summed E-state index contributed by atoms with van der Waals surface area (Å²) in [6.45, 7) is 9.78. The number of aromatic nitrogens is 2. The van der Waals surface area contributed by atoms with Crippen LogP contribution >= 0.6 is 0 Å². The van der Waals surface area contributed by atoms with E-state index in [1.165, 1.54) is 16.0 Å². The van der Waals surface area contributed by atoms with Crippen LogP contribution in [0.4, 0.5) is 4.79 Å². The molecule has 2 aromatic rings. The molecule has 2 amide bonds. The number of carbonyl (C=O) groups is 4. The summed E-state index contributed by atoms with van der Waals surface area (Å²) in [6, 6.07) is 9.36. The van der Waals surface area contributed by atoms with E-state index in [2.05, 4.69) is 15.3 Å². The van der Waals surface area contributed by atoms with E-state index in [0.29, 0.717) is 12.0 Å². The third-order valence-electron chi connectivity index (χ3n) is 6.42. The van der Waals surface area contributed by atoms with Gasteiger partial charge < -0.3 is 29.6 Å². The number of hydrogen-bond acceptors (Lipinski definition) is 11. The maximum atomic E-state index is 13.6. The van der Waals surface area contributed by atoms with Gasteiger partial charge in [0.15, 0.2) is 5.82 Å². The van der Waals surface area contributed by atoms with E-state index in [1.807, 2.05) is 18.2 Å². The summed E-state index contributed by atoms with van der Waals surface area (Å²) in [5.74, 6) is -1.31. The molecule has 1 fully saturated rings. The molecule has 1 aliphatic rings. The molecule has 13 heteroatoms. The van der Waals surface area contributed by atoms with Crippen molar-refractivity contribution in [2.45, 2.75) is 71.6 Å². The predicted molar refractivity (Wildman–Crippen MR) is 155 cm³/mol. The standard InChI is InChI=1S/C30H41N5O8/c1-6-24(36)22-19-23(32-26(31-22)20-11-9-8-10-12-20)27(38)33-21(13-14-25(37)42-30(3,4)5)28(39)34-15-17-35(18-16-34)43-29(40)41-7-2/h8-12,19,21,24,36H,6-7,13-18H2,1-5H3,(H,33,38)/t21?,24-/m0/s1. The highest BCUT2D eigenvalue weighted by Gasteiger charge is 2.32.